The number of aliphatic imine (C=N–C) groups is 1. The molecule has 0 aromatic heterocycles. The number of hydrogen-bond acceptors (Lipinski definition) is 1. The van der Waals surface area contributed by atoms with Gasteiger partial charge < -0.3 is 0 Å². The first kappa shape index (κ1) is 11.8. The molecular formula is C13H14ClN. The third-order valence-electron chi connectivity index (χ3n) is 1.70. The minimum Gasteiger partial charge on any atom is -0.280 e. The van der Waals surface area contributed by atoms with Crippen LogP contribution in [0.1, 0.15) is 19.4 Å². The number of nitrogens with zero attached hydrogens (tertiary/aromatic N) is 1. The van der Waals surface area contributed by atoms with Crippen molar-refractivity contribution in [2.24, 2.45) is 10.9 Å². The van der Waals surface area contributed by atoms with Gasteiger partial charge in [-0.3, -0.25) is 4.99 Å². The highest BCUT2D eigenvalue weighted by Crippen LogP contribution is 2.12. The predicted molar refractivity (Wildman–Crippen MR) is 66.5 cm³/mol. The maximum Gasteiger partial charge on any atom is 0.0997 e. The van der Waals surface area contributed by atoms with Crippen molar-refractivity contribution in [3.8, 4) is 11.8 Å². The highest BCUT2D eigenvalue weighted by molar-refractivity contribution is 6.33. The van der Waals surface area contributed by atoms with Crippen LogP contribution in [-0.4, -0.2) is 12.8 Å². The van der Waals surface area contributed by atoms with Gasteiger partial charge in [0.05, 0.1) is 6.54 Å². The van der Waals surface area contributed by atoms with Crippen LogP contribution >= 0.6 is 11.6 Å². The fourth-order valence-corrected chi connectivity index (χ4v) is 1.20. The lowest BCUT2D eigenvalue weighted by Gasteiger charge is -1.94. The van der Waals surface area contributed by atoms with Gasteiger partial charge in [0, 0.05) is 22.7 Å². The molecule has 15 heavy (non-hydrogen) atoms. The van der Waals surface area contributed by atoms with Crippen LogP contribution in [0.3, 0.4) is 0 Å². The van der Waals surface area contributed by atoms with Gasteiger partial charge in [-0.25, -0.2) is 0 Å². The van der Waals surface area contributed by atoms with E-state index in [1.54, 1.807) is 6.21 Å². The zero-order valence-electron chi connectivity index (χ0n) is 9.00. The lowest BCUT2D eigenvalue weighted by atomic mass is 10.2. The van der Waals surface area contributed by atoms with Gasteiger partial charge in [0.25, 0.3) is 0 Å². The van der Waals surface area contributed by atoms with E-state index in [2.05, 4.69) is 30.7 Å². The Kier molecular flexibility index (Phi) is 4.93. The molecule has 0 fully saturated rings. The third-order valence-corrected chi connectivity index (χ3v) is 2.04. The fourth-order valence-electron chi connectivity index (χ4n) is 1.02. The van der Waals surface area contributed by atoms with E-state index in [0.29, 0.717) is 12.5 Å². The third kappa shape index (κ3) is 4.67. The molecule has 0 aliphatic carbocycles. The molecule has 0 unspecified atom stereocenters. The Bertz CT molecular complexity index is 396. The summed E-state index contributed by atoms with van der Waals surface area (Å²) < 4.78 is 0. The Morgan fingerprint density at radius 1 is 1.40 bits per heavy atom. The van der Waals surface area contributed by atoms with Crippen LogP contribution in [0.25, 0.3) is 0 Å². The van der Waals surface area contributed by atoms with E-state index < -0.39 is 0 Å². The quantitative estimate of drug-likeness (QED) is 0.534. The van der Waals surface area contributed by atoms with Crippen molar-refractivity contribution in [1.82, 2.24) is 0 Å². The molecule has 78 valence electrons. The van der Waals surface area contributed by atoms with Crippen LogP contribution in [0.2, 0.25) is 5.02 Å². The topological polar surface area (TPSA) is 12.4 Å². The van der Waals surface area contributed by atoms with E-state index >= 15 is 0 Å². The molecule has 1 aromatic carbocycles. The lowest BCUT2D eigenvalue weighted by Crippen LogP contribution is -1.84. The van der Waals surface area contributed by atoms with E-state index in [0.717, 1.165) is 10.6 Å². The Labute approximate surface area is 96.2 Å². The Balaban J connectivity index is 2.53. The first-order valence-electron chi connectivity index (χ1n) is 4.93. The normalized spacial score (nSPS) is 10.4. The molecule has 2 heteroatoms. The van der Waals surface area contributed by atoms with E-state index in [-0.39, 0.29) is 0 Å². The van der Waals surface area contributed by atoms with Gasteiger partial charge in [0.2, 0.25) is 0 Å². The van der Waals surface area contributed by atoms with Crippen molar-refractivity contribution in [3.63, 3.8) is 0 Å². The first-order valence-corrected chi connectivity index (χ1v) is 5.30. The van der Waals surface area contributed by atoms with Crippen LogP contribution in [0.15, 0.2) is 29.3 Å². The van der Waals surface area contributed by atoms with Gasteiger partial charge in [-0.15, -0.1) is 0 Å². The summed E-state index contributed by atoms with van der Waals surface area (Å²) in [4.78, 5) is 4.19. The highest BCUT2D eigenvalue weighted by atomic mass is 35.5. The number of benzene rings is 1. The van der Waals surface area contributed by atoms with Crippen molar-refractivity contribution in [1.29, 1.82) is 0 Å². The molecule has 0 heterocycles. The van der Waals surface area contributed by atoms with Crippen LogP contribution < -0.4 is 0 Å². The monoisotopic (exact) mass is 219 g/mol. The molecule has 0 spiro atoms. The predicted octanol–water partition coefficient (Wildman–Crippen LogP) is 3.42. The van der Waals surface area contributed by atoms with Crippen molar-refractivity contribution in [3.05, 3.63) is 34.9 Å². The maximum atomic E-state index is 5.96. The molecule has 1 aromatic rings. The van der Waals surface area contributed by atoms with Gasteiger partial charge in [-0.05, 0) is 6.07 Å². The summed E-state index contributed by atoms with van der Waals surface area (Å²) in [6.45, 7) is 4.65. The van der Waals surface area contributed by atoms with Gasteiger partial charge >= 0.3 is 0 Å². The standard InChI is InChI=1S/C13H14ClN/c1-11(2)6-5-9-15-10-12-7-3-4-8-13(12)14/h3-4,7-8,10-11H,9H2,1-2H3/b15-10+. The Hall–Kier alpha value is -1.26. The van der Waals surface area contributed by atoms with Crippen LogP contribution in [0, 0.1) is 17.8 Å². The fraction of sp³-hybridized carbons (Fsp3) is 0.308. The summed E-state index contributed by atoms with van der Waals surface area (Å²) in [5.74, 6) is 6.44. The second-order valence-corrected chi connectivity index (χ2v) is 3.87. The maximum absolute atomic E-state index is 5.96. The molecule has 1 nitrogen and oxygen atoms in total. The molecular weight excluding hydrogens is 206 g/mol. The summed E-state index contributed by atoms with van der Waals surface area (Å²) in [7, 11) is 0. The Morgan fingerprint density at radius 3 is 2.80 bits per heavy atom. The van der Waals surface area contributed by atoms with Gasteiger partial charge in [-0.1, -0.05) is 55.5 Å². The average Bonchev–Trinajstić information content (AvgIpc) is 2.20. The number of halogens is 1. The summed E-state index contributed by atoms with van der Waals surface area (Å²) in [6, 6.07) is 7.62. The minimum atomic E-state index is 0.403. The zero-order chi connectivity index (χ0) is 11.1. The van der Waals surface area contributed by atoms with Crippen molar-refractivity contribution in [2.75, 3.05) is 6.54 Å². The SMILES string of the molecule is CC(C)C#CC/N=C/c1ccccc1Cl. The molecule has 0 N–H and O–H groups in total. The lowest BCUT2D eigenvalue weighted by molar-refractivity contribution is 0.865. The Morgan fingerprint density at radius 2 is 2.13 bits per heavy atom. The summed E-state index contributed by atoms with van der Waals surface area (Å²) in [5, 5.41) is 0.720. The molecule has 0 atom stereocenters. The van der Waals surface area contributed by atoms with Gasteiger partial charge in [-0.2, -0.15) is 0 Å². The smallest absolute Gasteiger partial charge is 0.0997 e. The summed E-state index contributed by atoms with van der Waals surface area (Å²) in [6.07, 6.45) is 1.76. The minimum absolute atomic E-state index is 0.403. The molecule has 1 rings (SSSR count). The molecule has 0 aliphatic rings. The number of hydrogen-bond donors (Lipinski definition) is 0. The second kappa shape index (κ2) is 6.27. The van der Waals surface area contributed by atoms with Crippen molar-refractivity contribution in [2.45, 2.75) is 13.8 Å². The summed E-state index contributed by atoms with van der Waals surface area (Å²) >= 11 is 5.96. The van der Waals surface area contributed by atoms with E-state index in [4.69, 9.17) is 11.6 Å². The molecule has 0 amide bonds. The van der Waals surface area contributed by atoms with Crippen molar-refractivity contribution < 1.29 is 0 Å². The van der Waals surface area contributed by atoms with Crippen LogP contribution in [-0.2, 0) is 0 Å². The average molecular weight is 220 g/mol. The highest BCUT2D eigenvalue weighted by Gasteiger charge is 1.92. The van der Waals surface area contributed by atoms with E-state index in [9.17, 15) is 0 Å². The summed E-state index contributed by atoms with van der Waals surface area (Å²) in [5.41, 5.74) is 0.936. The molecule has 0 bridgehead atoms. The molecule has 0 saturated heterocycles. The van der Waals surface area contributed by atoms with Gasteiger partial charge in [0.1, 0.15) is 0 Å². The first-order chi connectivity index (χ1) is 7.20. The van der Waals surface area contributed by atoms with Gasteiger partial charge in [0.15, 0.2) is 0 Å². The van der Waals surface area contributed by atoms with E-state index in [1.165, 1.54) is 0 Å². The molecule has 0 radical (unpaired) electrons. The zero-order valence-corrected chi connectivity index (χ0v) is 9.75. The van der Waals surface area contributed by atoms with Crippen molar-refractivity contribution >= 4 is 17.8 Å². The van der Waals surface area contributed by atoms with E-state index in [1.807, 2.05) is 24.3 Å². The van der Waals surface area contributed by atoms with Crippen LogP contribution in [0.5, 0.6) is 0 Å². The molecule has 0 saturated carbocycles. The molecule has 0 aliphatic heterocycles. The second-order valence-electron chi connectivity index (χ2n) is 3.47. The number of rotatable bonds is 2. The largest absolute Gasteiger partial charge is 0.280 e. The van der Waals surface area contributed by atoms with Crippen LogP contribution in [0.4, 0.5) is 0 Å².